The molecule has 9 nitrogen and oxygen atoms in total. The van der Waals surface area contributed by atoms with E-state index in [0.717, 1.165) is 60.8 Å². The van der Waals surface area contributed by atoms with Crippen LogP contribution in [0.1, 0.15) is 16.1 Å². The van der Waals surface area contributed by atoms with Crippen LogP contribution in [0, 0.1) is 0 Å². The molecule has 32 heavy (non-hydrogen) atoms. The van der Waals surface area contributed by atoms with Crippen LogP contribution in [0.3, 0.4) is 0 Å². The summed E-state index contributed by atoms with van der Waals surface area (Å²) in [5.41, 5.74) is 4.27. The maximum absolute atomic E-state index is 12.5. The average molecular weight is 432 g/mol. The van der Waals surface area contributed by atoms with Crippen molar-refractivity contribution in [2.75, 3.05) is 32.8 Å². The van der Waals surface area contributed by atoms with Crippen LogP contribution >= 0.6 is 0 Å². The van der Waals surface area contributed by atoms with Gasteiger partial charge in [-0.05, 0) is 17.7 Å². The van der Waals surface area contributed by atoms with Crippen molar-refractivity contribution in [3.05, 3.63) is 66.0 Å². The molecule has 0 bridgehead atoms. The van der Waals surface area contributed by atoms with E-state index in [1.165, 1.54) is 0 Å². The Kier molecular flexibility index (Phi) is 5.91. The van der Waals surface area contributed by atoms with E-state index in [1.807, 2.05) is 48.5 Å². The van der Waals surface area contributed by atoms with E-state index in [9.17, 15) is 4.79 Å². The molecule has 3 heterocycles. The number of carbonyl (C=O) groups excluding carboxylic acids is 1. The second-order valence-electron chi connectivity index (χ2n) is 7.80. The Hall–Kier alpha value is -3.56. The normalized spacial score (nSPS) is 14.6. The van der Waals surface area contributed by atoms with E-state index in [0.29, 0.717) is 18.8 Å². The minimum absolute atomic E-state index is 0.232. The predicted molar refractivity (Wildman–Crippen MR) is 120 cm³/mol. The maximum atomic E-state index is 12.5. The highest BCUT2D eigenvalue weighted by molar-refractivity contribution is 5.91. The van der Waals surface area contributed by atoms with Crippen LogP contribution in [0.2, 0.25) is 0 Å². The lowest BCUT2D eigenvalue weighted by Crippen LogP contribution is -2.38. The van der Waals surface area contributed by atoms with Crippen molar-refractivity contribution in [1.29, 1.82) is 0 Å². The Bertz CT molecular complexity index is 1160. The highest BCUT2D eigenvalue weighted by Crippen LogP contribution is 2.20. The number of hydrogen-bond donors (Lipinski definition) is 2. The summed E-state index contributed by atoms with van der Waals surface area (Å²) < 4.78 is 7.07. The van der Waals surface area contributed by atoms with Crippen LogP contribution < -0.4 is 5.32 Å². The first-order chi connectivity index (χ1) is 15.7. The zero-order valence-electron chi connectivity index (χ0n) is 17.7. The molecule has 1 saturated heterocycles. The molecule has 0 aliphatic carbocycles. The fourth-order valence-corrected chi connectivity index (χ4v) is 3.72. The maximum Gasteiger partial charge on any atom is 0.273 e. The van der Waals surface area contributed by atoms with Gasteiger partial charge in [-0.25, -0.2) is 4.98 Å². The highest BCUT2D eigenvalue weighted by Gasteiger charge is 2.13. The van der Waals surface area contributed by atoms with E-state index < -0.39 is 0 Å². The first kappa shape index (κ1) is 20.3. The lowest BCUT2D eigenvalue weighted by atomic mass is 10.1. The minimum Gasteiger partial charge on any atom is -0.379 e. The van der Waals surface area contributed by atoms with Gasteiger partial charge in [0.25, 0.3) is 5.91 Å². The summed E-state index contributed by atoms with van der Waals surface area (Å²) in [6, 6.07) is 15.9. The summed E-state index contributed by atoms with van der Waals surface area (Å²) in [4.78, 5) is 22.7. The number of nitrogens with zero attached hydrogens (tertiary/aromatic N) is 5. The molecular weight excluding hydrogens is 406 g/mol. The summed E-state index contributed by atoms with van der Waals surface area (Å²) in [5.74, 6) is 0.597. The molecule has 0 spiro atoms. The topological polar surface area (TPSA) is 101 Å². The monoisotopic (exact) mass is 431 g/mol. The molecule has 0 atom stereocenters. The number of fused-ring (bicyclic) bond motifs is 1. The molecule has 9 heteroatoms. The molecule has 2 aromatic heterocycles. The summed E-state index contributed by atoms with van der Waals surface area (Å²) in [6.45, 7) is 5.37. The number of rotatable bonds is 7. The Morgan fingerprint density at radius 2 is 1.88 bits per heavy atom. The van der Waals surface area contributed by atoms with Crippen molar-refractivity contribution >= 4 is 16.9 Å². The van der Waals surface area contributed by atoms with Crippen molar-refractivity contribution in [3.63, 3.8) is 0 Å². The molecular formula is C23H25N7O2. The number of H-pyrrole nitrogens is 1. The van der Waals surface area contributed by atoms with Crippen LogP contribution in [0.4, 0.5) is 0 Å². The van der Waals surface area contributed by atoms with E-state index in [-0.39, 0.29) is 5.91 Å². The molecule has 5 rings (SSSR count). The molecule has 1 fully saturated rings. The van der Waals surface area contributed by atoms with Crippen molar-refractivity contribution in [2.45, 2.75) is 13.1 Å². The van der Waals surface area contributed by atoms with Gasteiger partial charge < -0.3 is 15.0 Å². The molecule has 2 aromatic carbocycles. The zero-order valence-corrected chi connectivity index (χ0v) is 17.7. The fraction of sp³-hybridized carbons (Fsp3) is 0.304. The van der Waals surface area contributed by atoms with Gasteiger partial charge in [0, 0.05) is 31.7 Å². The molecule has 4 aromatic rings. The number of aromatic amines is 1. The second kappa shape index (κ2) is 9.29. The lowest BCUT2D eigenvalue weighted by Gasteiger charge is -2.26. The number of amides is 1. The van der Waals surface area contributed by atoms with Gasteiger partial charge in [-0.1, -0.05) is 41.6 Å². The number of carbonyl (C=O) groups is 1. The Balaban J connectivity index is 1.14. The number of hydrogen-bond acceptors (Lipinski definition) is 6. The Morgan fingerprint density at radius 3 is 2.69 bits per heavy atom. The second-order valence-corrected chi connectivity index (χ2v) is 7.80. The number of para-hydroxylation sites is 2. The summed E-state index contributed by atoms with van der Waals surface area (Å²) >= 11 is 0. The first-order valence-electron chi connectivity index (χ1n) is 10.8. The van der Waals surface area contributed by atoms with Gasteiger partial charge in [-0.3, -0.25) is 14.4 Å². The number of aromatic nitrogens is 5. The van der Waals surface area contributed by atoms with Gasteiger partial charge in [-0.2, -0.15) is 0 Å². The van der Waals surface area contributed by atoms with Gasteiger partial charge in [0.2, 0.25) is 0 Å². The molecule has 1 aliphatic rings. The molecule has 164 valence electrons. The SMILES string of the molecule is O=C(NCc1ccc(-c2nc3ccccc3[nH]2)cc1)c1cn(CCN2CCOCC2)nn1. The smallest absolute Gasteiger partial charge is 0.273 e. The van der Waals surface area contributed by atoms with E-state index in [4.69, 9.17) is 4.74 Å². The lowest BCUT2D eigenvalue weighted by molar-refractivity contribution is 0.0359. The van der Waals surface area contributed by atoms with E-state index >= 15 is 0 Å². The van der Waals surface area contributed by atoms with Gasteiger partial charge in [0.05, 0.1) is 37.0 Å². The third-order valence-corrected chi connectivity index (χ3v) is 5.59. The third kappa shape index (κ3) is 4.68. The average Bonchev–Trinajstić information content (AvgIpc) is 3.49. The quantitative estimate of drug-likeness (QED) is 0.465. The summed E-state index contributed by atoms with van der Waals surface area (Å²) in [6.07, 6.45) is 1.69. The minimum atomic E-state index is -0.232. The van der Waals surface area contributed by atoms with Crippen LogP contribution in [-0.2, 0) is 17.8 Å². The fourth-order valence-electron chi connectivity index (χ4n) is 3.72. The van der Waals surface area contributed by atoms with Crippen molar-refractivity contribution < 1.29 is 9.53 Å². The number of ether oxygens (including phenoxy) is 1. The van der Waals surface area contributed by atoms with Crippen LogP contribution in [0.5, 0.6) is 0 Å². The number of nitrogens with one attached hydrogen (secondary N) is 2. The summed E-state index contributed by atoms with van der Waals surface area (Å²) in [5, 5.41) is 11.0. The van der Waals surface area contributed by atoms with Crippen molar-refractivity contribution in [1.82, 2.24) is 35.2 Å². The molecule has 1 amide bonds. The van der Waals surface area contributed by atoms with Crippen molar-refractivity contribution in [2.24, 2.45) is 0 Å². The zero-order chi connectivity index (χ0) is 21.8. The number of morpholine rings is 1. The Labute approximate surface area is 185 Å². The van der Waals surface area contributed by atoms with Gasteiger partial charge in [-0.15, -0.1) is 5.10 Å². The summed E-state index contributed by atoms with van der Waals surface area (Å²) in [7, 11) is 0. The van der Waals surface area contributed by atoms with Crippen LogP contribution in [0.15, 0.2) is 54.7 Å². The Morgan fingerprint density at radius 1 is 1.06 bits per heavy atom. The highest BCUT2D eigenvalue weighted by atomic mass is 16.5. The van der Waals surface area contributed by atoms with E-state index in [1.54, 1.807) is 10.9 Å². The molecule has 2 N–H and O–H groups in total. The predicted octanol–water partition coefficient (Wildman–Crippen LogP) is 2.08. The largest absolute Gasteiger partial charge is 0.379 e. The van der Waals surface area contributed by atoms with Crippen LogP contribution in [-0.4, -0.2) is 68.6 Å². The molecule has 0 saturated carbocycles. The van der Waals surface area contributed by atoms with Gasteiger partial charge in [0.1, 0.15) is 5.82 Å². The molecule has 1 aliphatic heterocycles. The first-order valence-corrected chi connectivity index (χ1v) is 10.8. The molecule has 0 radical (unpaired) electrons. The number of imidazole rings is 1. The van der Waals surface area contributed by atoms with E-state index in [2.05, 4.69) is 30.5 Å². The van der Waals surface area contributed by atoms with Gasteiger partial charge >= 0.3 is 0 Å². The van der Waals surface area contributed by atoms with Gasteiger partial charge in [0.15, 0.2) is 5.69 Å². The third-order valence-electron chi connectivity index (χ3n) is 5.59. The van der Waals surface area contributed by atoms with Crippen molar-refractivity contribution in [3.8, 4) is 11.4 Å². The number of benzene rings is 2. The molecule has 0 unspecified atom stereocenters. The standard InChI is InChI=1S/C23H25N7O2/c31-23(21-16-30(28-27-21)10-9-29-11-13-32-14-12-29)24-15-17-5-7-18(8-6-17)22-25-19-3-1-2-4-20(19)26-22/h1-8,16H,9-15H2,(H,24,31)(H,25,26). The van der Waals surface area contributed by atoms with Crippen LogP contribution in [0.25, 0.3) is 22.4 Å².